The first-order valence-electron chi connectivity index (χ1n) is 7.19. The van der Waals surface area contributed by atoms with Crippen LogP contribution in [0.2, 0.25) is 0 Å². The van der Waals surface area contributed by atoms with Crippen molar-refractivity contribution in [3.8, 4) is 0 Å². The Bertz CT molecular complexity index is 553. The van der Waals surface area contributed by atoms with Gasteiger partial charge >= 0.3 is 0 Å². The lowest BCUT2D eigenvalue weighted by molar-refractivity contribution is 0.339. The molecule has 0 aliphatic heterocycles. The summed E-state index contributed by atoms with van der Waals surface area (Å²) in [6.07, 6.45) is 4.92. The fraction of sp³-hybridized carbons (Fsp3) is 0.500. The zero-order valence-corrected chi connectivity index (χ0v) is 12.3. The van der Waals surface area contributed by atoms with Gasteiger partial charge in [-0.05, 0) is 73.1 Å². The Kier molecular flexibility index (Phi) is 3.76. The van der Waals surface area contributed by atoms with Gasteiger partial charge in [0.05, 0.1) is 0 Å². The summed E-state index contributed by atoms with van der Waals surface area (Å²) in [6.45, 7) is 3.28. The van der Waals surface area contributed by atoms with Crippen LogP contribution in [0.1, 0.15) is 31.2 Å². The van der Waals surface area contributed by atoms with Crippen LogP contribution in [0.5, 0.6) is 0 Å². The minimum absolute atomic E-state index is 0.445. The summed E-state index contributed by atoms with van der Waals surface area (Å²) in [5.74, 6) is 0.790. The molecule has 19 heavy (non-hydrogen) atoms. The smallest absolute Gasteiger partial charge is 0.0373 e. The number of thiophene rings is 1. The molecular weight excluding hydrogens is 252 g/mol. The number of rotatable bonds is 3. The molecule has 1 aromatic carbocycles. The lowest BCUT2D eigenvalue weighted by Crippen LogP contribution is -2.29. The summed E-state index contributed by atoms with van der Waals surface area (Å²) in [5.41, 5.74) is 8.59. The van der Waals surface area contributed by atoms with Gasteiger partial charge in [0.25, 0.3) is 0 Å². The van der Waals surface area contributed by atoms with Gasteiger partial charge in [0.2, 0.25) is 0 Å². The summed E-state index contributed by atoms with van der Waals surface area (Å²) < 4.78 is 1.41. The minimum Gasteiger partial charge on any atom is -0.385 e. The third-order valence-corrected chi connectivity index (χ3v) is 5.29. The van der Waals surface area contributed by atoms with Gasteiger partial charge in [0.15, 0.2) is 0 Å². The summed E-state index contributed by atoms with van der Waals surface area (Å²) in [5, 5.41) is 7.15. The van der Waals surface area contributed by atoms with Crippen molar-refractivity contribution in [2.24, 2.45) is 11.7 Å². The van der Waals surface area contributed by atoms with Crippen molar-refractivity contribution >= 4 is 27.1 Å². The van der Waals surface area contributed by atoms with Gasteiger partial charge in [-0.3, -0.25) is 0 Å². The highest BCUT2D eigenvalue weighted by molar-refractivity contribution is 7.17. The average molecular weight is 274 g/mol. The maximum absolute atomic E-state index is 5.96. The number of hydrogen-bond donors (Lipinski definition) is 2. The van der Waals surface area contributed by atoms with Crippen LogP contribution in [-0.2, 0) is 0 Å². The average Bonchev–Trinajstić information content (AvgIpc) is 2.87. The second-order valence-corrected chi connectivity index (χ2v) is 6.71. The Balaban J connectivity index is 1.65. The number of hydrogen-bond acceptors (Lipinski definition) is 3. The second kappa shape index (κ2) is 5.51. The predicted octanol–water partition coefficient (Wildman–Crippen LogP) is 4.14. The van der Waals surface area contributed by atoms with Gasteiger partial charge in [-0.1, -0.05) is 0 Å². The summed E-state index contributed by atoms with van der Waals surface area (Å²) in [4.78, 5) is 0. The number of nitrogens with two attached hydrogens (primary N) is 1. The molecule has 0 amide bonds. The van der Waals surface area contributed by atoms with Crippen LogP contribution in [0.3, 0.4) is 0 Å². The van der Waals surface area contributed by atoms with Gasteiger partial charge in [-0.25, -0.2) is 0 Å². The van der Waals surface area contributed by atoms with E-state index in [2.05, 4.69) is 35.8 Å². The zero-order chi connectivity index (χ0) is 13.2. The van der Waals surface area contributed by atoms with Crippen LogP contribution in [0, 0.1) is 12.8 Å². The van der Waals surface area contributed by atoms with E-state index in [9.17, 15) is 0 Å². The molecule has 3 rings (SSSR count). The molecule has 1 fully saturated rings. The number of benzene rings is 1. The van der Waals surface area contributed by atoms with E-state index in [1.54, 1.807) is 0 Å². The van der Waals surface area contributed by atoms with E-state index in [-0.39, 0.29) is 0 Å². The molecule has 1 heterocycles. The molecule has 2 aromatic rings. The molecule has 2 nitrogen and oxygen atoms in total. The molecule has 0 radical (unpaired) electrons. The van der Waals surface area contributed by atoms with Crippen molar-refractivity contribution in [2.45, 2.75) is 38.6 Å². The van der Waals surface area contributed by atoms with E-state index in [4.69, 9.17) is 5.73 Å². The molecular formula is C16H22N2S. The van der Waals surface area contributed by atoms with Crippen molar-refractivity contribution in [3.05, 3.63) is 29.1 Å². The summed E-state index contributed by atoms with van der Waals surface area (Å²) in [6, 6.07) is 7.19. The van der Waals surface area contributed by atoms with Gasteiger partial charge in [0, 0.05) is 23.0 Å². The summed E-state index contributed by atoms with van der Waals surface area (Å²) in [7, 11) is 0. The van der Waals surface area contributed by atoms with Crippen LogP contribution in [0.25, 0.3) is 10.1 Å². The monoisotopic (exact) mass is 274 g/mol. The fourth-order valence-corrected chi connectivity index (χ4v) is 3.88. The maximum atomic E-state index is 5.96. The molecule has 0 spiro atoms. The molecule has 1 aromatic heterocycles. The first kappa shape index (κ1) is 12.9. The SMILES string of the molecule is Cc1cc(NC[C@H]2CC[C@H](N)CC2)cc2ccsc12. The highest BCUT2D eigenvalue weighted by Crippen LogP contribution is 2.29. The minimum atomic E-state index is 0.445. The molecule has 0 bridgehead atoms. The third-order valence-electron chi connectivity index (χ3n) is 4.22. The third kappa shape index (κ3) is 2.93. The topological polar surface area (TPSA) is 38.0 Å². The highest BCUT2D eigenvalue weighted by atomic mass is 32.1. The molecule has 1 saturated carbocycles. The van der Waals surface area contributed by atoms with Gasteiger partial charge in [-0.2, -0.15) is 0 Å². The van der Waals surface area contributed by atoms with Crippen molar-refractivity contribution < 1.29 is 0 Å². The van der Waals surface area contributed by atoms with Gasteiger partial charge < -0.3 is 11.1 Å². The van der Waals surface area contributed by atoms with Crippen molar-refractivity contribution in [3.63, 3.8) is 0 Å². The molecule has 3 N–H and O–H groups in total. The van der Waals surface area contributed by atoms with E-state index in [1.807, 2.05) is 11.3 Å². The normalized spacial score (nSPS) is 23.7. The lowest BCUT2D eigenvalue weighted by Gasteiger charge is -2.26. The Hall–Kier alpha value is -1.06. The second-order valence-electron chi connectivity index (χ2n) is 5.79. The molecule has 1 aliphatic rings. The van der Waals surface area contributed by atoms with Crippen LogP contribution in [0.15, 0.2) is 23.6 Å². The molecule has 0 atom stereocenters. The highest BCUT2D eigenvalue weighted by Gasteiger charge is 2.18. The first-order chi connectivity index (χ1) is 9.22. The lowest BCUT2D eigenvalue weighted by atomic mass is 9.86. The van der Waals surface area contributed by atoms with Gasteiger partial charge in [-0.15, -0.1) is 11.3 Å². The van der Waals surface area contributed by atoms with E-state index >= 15 is 0 Å². The maximum Gasteiger partial charge on any atom is 0.0373 e. The fourth-order valence-electron chi connectivity index (χ4n) is 3.02. The van der Waals surface area contributed by atoms with Crippen molar-refractivity contribution in [2.75, 3.05) is 11.9 Å². The predicted molar refractivity (Wildman–Crippen MR) is 85.0 cm³/mol. The largest absolute Gasteiger partial charge is 0.385 e. The van der Waals surface area contributed by atoms with Crippen LogP contribution in [0.4, 0.5) is 5.69 Å². The number of fused-ring (bicyclic) bond motifs is 1. The van der Waals surface area contributed by atoms with E-state index in [0.29, 0.717) is 6.04 Å². The molecule has 1 aliphatic carbocycles. The van der Waals surface area contributed by atoms with E-state index < -0.39 is 0 Å². The Labute approximate surface area is 119 Å². The Morgan fingerprint density at radius 1 is 1.26 bits per heavy atom. The van der Waals surface area contributed by atoms with E-state index in [1.165, 1.54) is 47.0 Å². The van der Waals surface area contributed by atoms with Crippen molar-refractivity contribution in [1.82, 2.24) is 0 Å². The number of nitrogens with one attached hydrogen (secondary N) is 1. The first-order valence-corrected chi connectivity index (χ1v) is 8.07. The number of aryl methyl sites for hydroxylation is 1. The Morgan fingerprint density at radius 3 is 2.84 bits per heavy atom. The Morgan fingerprint density at radius 2 is 2.05 bits per heavy atom. The van der Waals surface area contributed by atoms with Crippen molar-refractivity contribution in [1.29, 1.82) is 0 Å². The van der Waals surface area contributed by atoms with Crippen LogP contribution in [-0.4, -0.2) is 12.6 Å². The number of anilines is 1. The molecule has 0 unspecified atom stereocenters. The molecule has 0 saturated heterocycles. The van der Waals surface area contributed by atoms with Crippen LogP contribution < -0.4 is 11.1 Å². The zero-order valence-electron chi connectivity index (χ0n) is 11.5. The summed E-state index contributed by atoms with van der Waals surface area (Å²) >= 11 is 1.83. The molecule has 3 heteroatoms. The van der Waals surface area contributed by atoms with Gasteiger partial charge in [0.1, 0.15) is 0 Å². The van der Waals surface area contributed by atoms with Crippen LogP contribution >= 0.6 is 11.3 Å². The van der Waals surface area contributed by atoms with E-state index in [0.717, 1.165) is 12.5 Å². The standard InChI is InChI=1S/C16H22N2S/c1-11-8-15(9-13-6-7-19-16(11)13)18-10-12-2-4-14(17)5-3-12/h6-9,12,14,18H,2-5,10,17H2,1H3/t12-,14-. The quantitative estimate of drug-likeness (QED) is 0.883. The molecule has 102 valence electrons.